The summed E-state index contributed by atoms with van der Waals surface area (Å²) in [6.07, 6.45) is 7.14. The Hall–Kier alpha value is -1.11. The number of hydrogen-bond donors (Lipinski definition) is 0. The van der Waals surface area contributed by atoms with E-state index in [0.717, 1.165) is 5.57 Å². The van der Waals surface area contributed by atoms with Gasteiger partial charge in [-0.1, -0.05) is 30.4 Å². The molecule has 0 spiro atoms. The second kappa shape index (κ2) is 2.65. The summed E-state index contributed by atoms with van der Waals surface area (Å²) in [7, 11) is 0. The number of ketones is 1. The van der Waals surface area contributed by atoms with Crippen molar-refractivity contribution in [1.82, 2.24) is 0 Å². The lowest BCUT2D eigenvalue weighted by molar-refractivity contribution is -0.115. The molecule has 0 N–H and O–H groups in total. The van der Waals surface area contributed by atoms with Crippen LogP contribution in [0.15, 0.2) is 36.5 Å². The van der Waals surface area contributed by atoms with E-state index in [2.05, 4.69) is 6.58 Å². The van der Waals surface area contributed by atoms with E-state index in [-0.39, 0.29) is 11.7 Å². The number of hydrogen-bond acceptors (Lipinski definition) is 1. The third kappa shape index (κ3) is 1.24. The van der Waals surface area contributed by atoms with Crippen LogP contribution >= 0.6 is 0 Å². The highest BCUT2D eigenvalue weighted by atomic mass is 16.1. The molecule has 1 aliphatic rings. The van der Waals surface area contributed by atoms with Crippen LogP contribution in [0.4, 0.5) is 0 Å². The lowest BCUT2D eigenvalue weighted by Gasteiger charge is -1.95. The summed E-state index contributed by atoms with van der Waals surface area (Å²) in [5.74, 6) is 0.0330. The molecule has 1 aliphatic carbocycles. The molecule has 0 bridgehead atoms. The minimum atomic E-state index is -0.0440. The number of carbonyl (C=O) groups excluding carboxylic acids is 1. The number of rotatable bonds is 2. The molecule has 52 valence electrons. The van der Waals surface area contributed by atoms with E-state index in [1.807, 2.05) is 25.2 Å². The van der Waals surface area contributed by atoms with Crippen LogP contribution in [0, 0.1) is 5.92 Å². The van der Waals surface area contributed by atoms with Crippen LogP contribution in [-0.2, 0) is 4.79 Å². The highest BCUT2D eigenvalue weighted by molar-refractivity contribution is 5.94. The molecular formula is C9H10O. The lowest BCUT2D eigenvalue weighted by Crippen LogP contribution is -2.03. The zero-order valence-corrected chi connectivity index (χ0v) is 6.00. The Balaban J connectivity index is 2.71. The van der Waals surface area contributed by atoms with E-state index in [0.29, 0.717) is 0 Å². The van der Waals surface area contributed by atoms with Gasteiger partial charge in [0.1, 0.15) is 0 Å². The quantitative estimate of drug-likeness (QED) is 0.527. The molecule has 0 aromatic rings. The third-order valence-electron chi connectivity index (χ3n) is 1.54. The summed E-state index contributed by atoms with van der Waals surface area (Å²) < 4.78 is 0. The van der Waals surface area contributed by atoms with Crippen LogP contribution < -0.4 is 0 Å². The van der Waals surface area contributed by atoms with Gasteiger partial charge < -0.3 is 0 Å². The van der Waals surface area contributed by atoms with E-state index in [1.165, 1.54) is 6.08 Å². The van der Waals surface area contributed by atoms with Crippen LogP contribution in [0.1, 0.15) is 6.92 Å². The van der Waals surface area contributed by atoms with E-state index >= 15 is 0 Å². The van der Waals surface area contributed by atoms with Crippen LogP contribution in [-0.4, -0.2) is 5.78 Å². The molecule has 0 saturated heterocycles. The molecule has 0 radical (unpaired) electrons. The summed E-state index contributed by atoms with van der Waals surface area (Å²) in [5.41, 5.74) is 1.15. The fourth-order valence-electron chi connectivity index (χ4n) is 0.963. The molecule has 0 amide bonds. The zero-order chi connectivity index (χ0) is 7.56. The minimum absolute atomic E-state index is 0.0440. The van der Waals surface area contributed by atoms with Gasteiger partial charge in [0.25, 0.3) is 0 Å². The predicted octanol–water partition coefficient (Wildman–Crippen LogP) is 1.87. The molecule has 10 heavy (non-hydrogen) atoms. The van der Waals surface area contributed by atoms with Gasteiger partial charge >= 0.3 is 0 Å². The summed E-state index contributed by atoms with van der Waals surface area (Å²) in [5, 5.41) is 0. The van der Waals surface area contributed by atoms with E-state index in [4.69, 9.17) is 0 Å². The van der Waals surface area contributed by atoms with Gasteiger partial charge in [0.15, 0.2) is 5.78 Å². The second-order valence-corrected chi connectivity index (χ2v) is 2.40. The Morgan fingerprint density at radius 2 is 2.50 bits per heavy atom. The maximum Gasteiger partial charge on any atom is 0.165 e. The Morgan fingerprint density at radius 1 is 1.80 bits per heavy atom. The third-order valence-corrected chi connectivity index (χ3v) is 1.54. The Morgan fingerprint density at radius 3 is 2.90 bits per heavy atom. The first-order valence-electron chi connectivity index (χ1n) is 3.27. The van der Waals surface area contributed by atoms with Crippen molar-refractivity contribution in [2.75, 3.05) is 0 Å². The van der Waals surface area contributed by atoms with Crippen molar-refractivity contribution >= 4 is 5.78 Å². The average molecular weight is 134 g/mol. The summed E-state index contributed by atoms with van der Waals surface area (Å²) >= 11 is 0. The zero-order valence-electron chi connectivity index (χ0n) is 6.00. The first-order valence-corrected chi connectivity index (χ1v) is 3.27. The van der Waals surface area contributed by atoms with E-state index in [1.54, 1.807) is 0 Å². The molecule has 1 atom stereocenters. The summed E-state index contributed by atoms with van der Waals surface area (Å²) in [6, 6.07) is 0. The second-order valence-electron chi connectivity index (χ2n) is 2.40. The molecule has 1 nitrogen and oxygen atoms in total. The van der Waals surface area contributed by atoms with Crippen molar-refractivity contribution in [2.45, 2.75) is 6.92 Å². The number of allylic oxidation sites excluding steroid dienone is 5. The Bertz CT molecular complexity index is 221. The normalized spacial score (nSPS) is 22.5. The smallest absolute Gasteiger partial charge is 0.165 e. The van der Waals surface area contributed by atoms with Gasteiger partial charge in [0, 0.05) is 0 Å². The number of carbonyl (C=O) groups is 1. The van der Waals surface area contributed by atoms with Gasteiger partial charge in [0.2, 0.25) is 0 Å². The maximum atomic E-state index is 10.9. The molecule has 1 heteroatoms. The topological polar surface area (TPSA) is 17.1 Å². The standard InChI is InChI=1S/C9H10O/c1-3-9(10)8-5-4-7(2)6-8/h3-6,8H,1H2,2H3. The van der Waals surface area contributed by atoms with Crippen LogP contribution in [0.25, 0.3) is 0 Å². The molecule has 0 aromatic heterocycles. The van der Waals surface area contributed by atoms with Crippen molar-refractivity contribution < 1.29 is 4.79 Å². The first-order chi connectivity index (χ1) is 4.74. The Labute approximate surface area is 60.7 Å². The van der Waals surface area contributed by atoms with Crippen molar-refractivity contribution in [2.24, 2.45) is 5.92 Å². The van der Waals surface area contributed by atoms with Gasteiger partial charge in [-0.2, -0.15) is 0 Å². The van der Waals surface area contributed by atoms with Gasteiger partial charge in [-0.25, -0.2) is 0 Å². The van der Waals surface area contributed by atoms with Crippen molar-refractivity contribution in [3.8, 4) is 0 Å². The molecule has 0 heterocycles. The largest absolute Gasteiger partial charge is 0.294 e. The van der Waals surface area contributed by atoms with E-state index < -0.39 is 0 Å². The van der Waals surface area contributed by atoms with Crippen molar-refractivity contribution in [3.05, 3.63) is 36.5 Å². The fourth-order valence-corrected chi connectivity index (χ4v) is 0.963. The van der Waals surface area contributed by atoms with Crippen LogP contribution in [0.2, 0.25) is 0 Å². The maximum absolute atomic E-state index is 10.9. The molecule has 0 aliphatic heterocycles. The van der Waals surface area contributed by atoms with E-state index in [9.17, 15) is 4.79 Å². The predicted molar refractivity (Wildman–Crippen MR) is 41.6 cm³/mol. The van der Waals surface area contributed by atoms with Crippen LogP contribution in [0.3, 0.4) is 0 Å². The molecular weight excluding hydrogens is 124 g/mol. The molecule has 1 unspecified atom stereocenters. The van der Waals surface area contributed by atoms with Gasteiger partial charge in [-0.05, 0) is 13.0 Å². The minimum Gasteiger partial charge on any atom is -0.294 e. The first kappa shape index (κ1) is 7.00. The van der Waals surface area contributed by atoms with Gasteiger partial charge in [0.05, 0.1) is 5.92 Å². The Kier molecular flexibility index (Phi) is 1.86. The van der Waals surface area contributed by atoms with Gasteiger partial charge in [-0.3, -0.25) is 4.79 Å². The summed E-state index contributed by atoms with van der Waals surface area (Å²) in [6.45, 7) is 5.40. The van der Waals surface area contributed by atoms with Gasteiger partial charge in [-0.15, -0.1) is 0 Å². The molecule has 1 rings (SSSR count). The SMILES string of the molecule is C=CC(=O)C1C=CC(C)=C1. The average Bonchev–Trinajstić information content (AvgIpc) is 2.34. The van der Waals surface area contributed by atoms with Crippen molar-refractivity contribution in [3.63, 3.8) is 0 Å². The fraction of sp³-hybridized carbons (Fsp3) is 0.222. The lowest BCUT2D eigenvalue weighted by atomic mass is 10.1. The van der Waals surface area contributed by atoms with Crippen molar-refractivity contribution in [1.29, 1.82) is 0 Å². The molecule has 0 fully saturated rings. The monoisotopic (exact) mass is 134 g/mol. The molecule has 0 aromatic carbocycles. The van der Waals surface area contributed by atoms with Crippen LogP contribution in [0.5, 0.6) is 0 Å². The highest BCUT2D eigenvalue weighted by Crippen LogP contribution is 2.15. The molecule has 0 saturated carbocycles. The highest BCUT2D eigenvalue weighted by Gasteiger charge is 2.11. The summed E-state index contributed by atoms with van der Waals surface area (Å²) in [4.78, 5) is 10.9.